The quantitative estimate of drug-likeness (QED) is 0.244. The average molecular weight is 481 g/mol. The molecule has 33 heavy (non-hydrogen) atoms. The number of phenols is 1. The van der Waals surface area contributed by atoms with E-state index in [0.717, 1.165) is 13.0 Å². The second-order valence-electron chi connectivity index (χ2n) is 7.99. The van der Waals surface area contributed by atoms with Crippen LogP contribution in [0.3, 0.4) is 0 Å². The molecule has 1 aromatic carbocycles. The smallest absolute Gasteiger partial charge is 0.326 e. The highest BCUT2D eigenvalue weighted by atomic mass is 32.2. The van der Waals surface area contributed by atoms with Crippen molar-refractivity contribution in [3.8, 4) is 5.75 Å². The number of rotatable bonds is 12. The number of carbonyl (C=O) groups excluding carboxylic acids is 3. The Kier molecular flexibility index (Phi) is 10.5. The molecule has 0 aromatic heterocycles. The number of nitrogens with one attached hydrogen (secondary N) is 4. The second-order valence-corrected chi connectivity index (χ2v) is 8.98. The molecule has 0 radical (unpaired) electrons. The number of aromatic hydroxyl groups is 1. The maximum absolute atomic E-state index is 12.8. The molecule has 0 bridgehead atoms. The highest BCUT2D eigenvalue weighted by molar-refractivity contribution is 7.98. The number of aliphatic carboxylic acids is 1. The van der Waals surface area contributed by atoms with Crippen LogP contribution in [0.2, 0.25) is 0 Å². The SMILES string of the molecule is CSCCC(NC(=O)C1CCCN1)C(=O)NC(C)C(=O)NC(Cc1ccc(O)cc1)C(=O)O. The molecule has 4 unspecified atom stereocenters. The fourth-order valence-electron chi connectivity index (χ4n) is 3.43. The van der Waals surface area contributed by atoms with Crippen molar-refractivity contribution in [1.82, 2.24) is 21.3 Å². The molecule has 3 amide bonds. The van der Waals surface area contributed by atoms with Crippen molar-refractivity contribution in [1.29, 1.82) is 0 Å². The van der Waals surface area contributed by atoms with Gasteiger partial charge in [0.1, 0.15) is 23.9 Å². The van der Waals surface area contributed by atoms with Gasteiger partial charge in [-0.3, -0.25) is 14.4 Å². The minimum absolute atomic E-state index is 0.0167. The molecule has 0 aliphatic carbocycles. The van der Waals surface area contributed by atoms with Crippen LogP contribution in [0.5, 0.6) is 5.75 Å². The Balaban J connectivity index is 1.95. The van der Waals surface area contributed by atoms with Gasteiger partial charge in [-0.25, -0.2) is 4.79 Å². The van der Waals surface area contributed by atoms with Gasteiger partial charge in [-0.1, -0.05) is 12.1 Å². The summed E-state index contributed by atoms with van der Waals surface area (Å²) >= 11 is 1.54. The molecule has 1 aliphatic heterocycles. The Bertz CT molecular complexity index is 829. The number of carboxylic acid groups (broad SMARTS) is 1. The van der Waals surface area contributed by atoms with Gasteiger partial charge in [0, 0.05) is 6.42 Å². The van der Waals surface area contributed by atoms with E-state index in [4.69, 9.17) is 0 Å². The molecule has 0 saturated carbocycles. The van der Waals surface area contributed by atoms with E-state index < -0.39 is 35.9 Å². The van der Waals surface area contributed by atoms with E-state index in [1.54, 1.807) is 12.1 Å². The van der Waals surface area contributed by atoms with Crippen molar-refractivity contribution in [2.75, 3.05) is 18.6 Å². The first kappa shape index (κ1) is 26.5. The standard InChI is InChI=1S/C22H32N4O6S/c1-13(19(28)26-18(22(31)32)12-14-5-7-15(27)8-6-14)24-21(30)17(9-11-33-2)25-20(29)16-4-3-10-23-16/h5-8,13,16-18,23,27H,3-4,9-12H2,1-2H3,(H,24,30)(H,25,29)(H,26,28)(H,31,32). The minimum Gasteiger partial charge on any atom is -0.508 e. The maximum atomic E-state index is 12.8. The van der Waals surface area contributed by atoms with Gasteiger partial charge < -0.3 is 31.5 Å². The highest BCUT2D eigenvalue weighted by Crippen LogP contribution is 2.12. The first-order valence-electron chi connectivity index (χ1n) is 10.9. The lowest BCUT2D eigenvalue weighted by Crippen LogP contribution is -2.56. The predicted molar refractivity (Wildman–Crippen MR) is 125 cm³/mol. The number of phenolic OH excluding ortho intramolecular Hbond substituents is 1. The zero-order valence-corrected chi connectivity index (χ0v) is 19.6. The summed E-state index contributed by atoms with van der Waals surface area (Å²) in [6.07, 6.45) is 3.91. The maximum Gasteiger partial charge on any atom is 0.326 e. The van der Waals surface area contributed by atoms with Crippen LogP contribution in [0, 0.1) is 0 Å². The molecule has 1 heterocycles. The zero-order valence-electron chi connectivity index (χ0n) is 18.8. The van der Waals surface area contributed by atoms with Crippen molar-refractivity contribution in [3.05, 3.63) is 29.8 Å². The molecule has 182 valence electrons. The van der Waals surface area contributed by atoms with Crippen LogP contribution in [0.1, 0.15) is 31.7 Å². The molecule has 6 N–H and O–H groups in total. The van der Waals surface area contributed by atoms with Crippen molar-refractivity contribution in [2.45, 2.75) is 56.8 Å². The Morgan fingerprint density at radius 1 is 1.09 bits per heavy atom. The molecular weight excluding hydrogens is 448 g/mol. The monoisotopic (exact) mass is 480 g/mol. The number of hydrogen-bond acceptors (Lipinski definition) is 7. The molecule has 2 rings (SSSR count). The Hall–Kier alpha value is -2.79. The predicted octanol–water partition coefficient (Wildman–Crippen LogP) is -0.00130. The largest absolute Gasteiger partial charge is 0.508 e. The third-order valence-electron chi connectivity index (χ3n) is 5.36. The number of thioether (sulfide) groups is 1. The number of carboxylic acids is 1. The van der Waals surface area contributed by atoms with Crippen molar-refractivity contribution in [2.24, 2.45) is 0 Å². The van der Waals surface area contributed by atoms with Gasteiger partial charge in [-0.05, 0) is 62.4 Å². The zero-order chi connectivity index (χ0) is 24.4. The summed E-state index contributed by atoms with van der Waals surface area (Å²) in [7, 11) is 0. The summed E-state index contributed by atoms with van der Waals surface area (Å²) in [4.78, 5) is 49.4. The Morgan fingerprint density at radius 2 is 1.79 bits per heavy atom. The van der Waals surface area contributed by atoms with Gasteiger partial charge in [0.25, 0.3) is 0 Å². The topological polar surface area (TPSA) is 157 Å². The van der Waals surface area contributed by atoms with E-state index in [0.29, 0.717) is 24.2 Å². The van der Waals surface area contributed by atoms with E-state index in [1.165, 1.54) is 30.8 Å². The second kappa shape index (κ2) is 13.0. The van der Waals surface area contributed by atoms with E-state index in [9.17, 15) is 29.4 Å². The molecule has 0 spiro atoms. The number of carbonyl (C=O) groups is 4. The van der Waals surface area contributed by atoms with Gasteiger partial charge in [0.2, 0.25) is 17.7 Å². The van der Waals surface area contributed by atoms with E-state index >= 15 is 0 Å². The molecule has 1 saturated heterocycles. The fraction of sp³-hybridized carbons (Fsp3) is 0.545. The molecule has 10 nitrogen and oxygen atoms in total. The molecule has 1 fully saturated rings. The summed E-state index contributed by atoms with van der Waals surface area (Å²) in [5, 5.41) is 29.7. The van der Waals surface area contributed by atoms with Gasteiger partial charge in [0.15, 0.2) is 0 Å². The average Bonchev–Trinajstić information content (AvgIpc) is 3.32. The normalized spacial score (nSPS) is 18.1. The van der Waals surface area contributed by atoms with Crippen molar-refractivity contribution in [3.63, 3.8) is 0 Å². The Morgan fingerprint density at radius 3 is 2.36 bits per heavy atom. The molecule has 4 atom stereocenters. The van der Waals surface area contributed by atoms with Gasteiger partial charge >= 0.3 is 5.97 Å². The van der Waals surface area contributed by atoms with Gasteiger partial charge in [-0.2, -0.15) is 11.8 Å². The number of amides is 3. The summed E-state index contributed by atoms with van der Waals surface area (Å²) < 4.78 is 0. The summed E-state index contributed by atoms with van der Waals surface area (Å²) in [6.45, 7) is 2.21. The van der Waals surface area contributed by atoms with Crippen LogP contribution in [0.4, 0.5) is 0 Å². The summed E-state index contributed by atoms with van der Waals surface area (Å²) in [5.41, 5.74) is 0.623. The van der Waals surface area contributed by atoms with Crippen LogP contribution in [-0.4, -0.2) is 76.6 Å². The molecule has 11 heteroatoms. The third-order valence-corrected chi connectivity index (χ3v) is 6.01. The molecular formula is C22H32N4O6S. The highest BCUT2D eigenvalue weighted by Gasteiger charge is 2.29. The minimum atomic E-state index is -1.22. The van der Waals surface area contributed by atoms with Gasteiger partial charge in [-0.15, -0.1) is 0 Å². The van der Waals surface area contributed by atoms with Crippen LogP contribution < -0.4 is 21.3 Å². The van der Waals surface area contributed by atoms with Crippen LogP contribution in [0.25, 0.3) is 0 Å². The number of benzene rings is 1. The van der Waals surface area contributed by atoms with E-state index in [1.807, 2.05) is 6.26 Å². The Labute approximate surface area is 197 Å². The lowest BCUT2D eigenvalue weighted by molar-refractivity contribution is -0.142. The van der Waals surface area contributed by atoms with Crippen LogP contribution in [-0.2, 0) is 25.6 Å². The fourth-order valence-corrected chi connectivity index (χ4v) is 3.90. The third kappa shape index (κ3) is 8.58. The molecule has 1 aliphatic rings. The number of hydrogen-bond donors (Lipinski definition) is 6. The summed E-state index contributed by atoms with van der Waals surface area (Å²) in [6, 6.07) is 2.68. The lowest BCUT2D eigenvalue weighted by atomic mass is 10.1. The first-order valence-corrected chi connectivity index (χ1v) is 12.2. The van der Waals surface area contributed by atoms with Gasteiger partial charge in [0.05, 0.1) is 6.04 Å². The van der Waals surface area contributed by atoms with Crippen LogP contribution in [0.15, 0.2) is 24.3 Å². The van der Waals surface area contributed by atoms with Crippen molar-refractivity contribution >= 4 is 35.5 Å². The summed E-state index contributed by atoms with van der Waals surface area (Å²) in [5.74, 6) is -1.91. The van der Waals surface area contributed by atoms with E-state index in [2.05, 4.69) is 21.3 Å². The first-order chi connectivity index (χ1) is 15.7. The van der Waals surface area contributed by atoms with Crippen LogP contribution >= 0.6 is 11.8 Å². The van der Waals surface area contributed by atoms with Crippen molar-refractivity contribution < 1.29 is 29.4 Å². The lowest BCUT2D eigenvalue weighted by Gasteiger charge is -2.23. The van der Waals surface area contributed by atoms with E-state index in [-0.39, 0.29) is 24.1 Å². The molecule has 1 aromatic rings.